The van der Waals surface area contributed by atoms with Crippen LogP contribution in [0.3, 0.4) is 0 Å². The van der Waals surface area contributed by atoms with Gasteiger partial charge in [-0.1, -0.05) is 37.6 Å². The van der Waals surface area contributed by atoms with E-state index in [4.69, 9.17) is 11.6 Å². The number of thiazole rings is 1. The van der Waals surface area contributed by atoms with Crippen molar-refractivity contribution in [1.29, 1.82) is 0 Å². The summed E-state index contributed by atoms with van der Waals surface area (Å²) in [6.07, 6.45) is 0.787. The van der Waals surface area contributed by atoms with Crippen LogP contribution in [0.1, 0.15) is 53.0 Å². The van der Waals surface area contributed by atoms with E-state index in [0.717, 1.165) is 5.01 Å². The molecule has 0 spiro atoms. The Kier molecular flexibility index (Phi) is 5.56. The molecule has 2 N–H and O–H groups in total. The zero-order valence-corrected chi connectivity index (χ0v) is 14.3. The fourth-order valence-corrected chi connectivity index (χ4v) is 2.91. The fourth-order valence-electron chi connectivity index (χ4n) is 1.96. The van der Waals surface area contributed by atoms with Crippen LogP contribution in [0.25, 0.3) is 0 Å². The van der Waals surface area contributed by atoms with Crippen molar-refractivity contribution in [3.05, 3.63) is 50.9 Å². The van der Waals surface area contributed by atoms with Crippen molar-refractivity contribution >= 4 is 28.8 Å². The zero-order valence-electron chi connectivity index (χ0n) is 12.7. The minimum atomic E-state index is -0.793. The molecule has 2 aromatic rings. The first-order valence-electron chi connectivity index (χ1n) is 7.08. The Morgan fingerprint density at radius 2 is 1.91 bits per heavy atom. The first-order valence-corrected chi connectivity index (χ1v) is 8.28. The zero-order chi connectivity index (χ0) is 16.3. The number of amides is 1. The van der Waals surface area contributed by atoms with Gasteiger partial charge in [-0.15, -0.1) is 11.3 Å². The standard InChI is InChI=1S/C16H19ClN2O2S/c1-9(2)16-18-8-13(22-16)15(21)19-10(3)14(20)11-4-6-12(17)7-5-11/h4-10,14,20H,1-3H3,(H,19,21). The Balaban J connectivity index is 2.02. The van der Waals surface area contributed by atoms with Crippen LogP contribution in [0, 0.1) is 0 Å². The van der Waals surface area contributed by atoms with Crippen molar-refractivity contribution in [2.75, 3.05) is 0 Å². The van der Waals surface area contributed by atoms with Gasteiger partial charge in [0.15, 0.2) is 0 Å². The predicted molar refractivity (Wildman–Crippen MR) is 89.5 cm³/mol. The Bertz CT molecular complexity index is 640. The smallest absolute Gasteiger partial charge is 0.263 e. The highest BCUT2D eigenvalue weighted by Gasteiger charge is 2.20. The maximum Gasteiger partial charge on any atom is 0.263 e. The third kappa shape index (κ3) is 4.06. The van der Waals surface area contributed by atoms with E-state index in [0.29, 0.717) is 21.4 Å². The molecule has 1 heterocycles. The summed E-state index contributed by atoms with van der Waals surface area (Å²) in [5, 5.41) is 14.6. The molecule has 0 radical (unpaired) electrons. The van der Waals surface area contributed by atoms with Gasteiger partial charge in [0.05, 0.1) is 23.4 Å². The van der Waals surface area contributed by atoms with Crippen molar-refractivity contribution in [2.45, 2.75) is 38.8 Å². The summed E-state index contributed by atoms with van der Waals surface area (Å²) in [4.78, 5) is 17.0. The van der Waals surface area contributed by atoms with Crippen LogP contribution < -0.4 is 5.32 Å². The number of nitrogens with one attached hydrogen (secondary N) is 1. The van der Waals surface area contributed by atoms with Gasteiger partial charge in [-0.3, -0.25) is 4.79 Å². The Hall–Kier alpha value is -1.43. The lowest BCUT2D eigenvalue weighted by Crippen LogP contribution is -2.36. The van der Waals surface area contributed by atoms with Gasteiger partial charge in [0.1, 0.15) is 4.88 Å². The Morgan fingerprint density at radius 3 is 2.45 bits per heavy atom. The van der Waals surface area contributed by atoms with Crippen molar-refractivity contribution in [2.24, 2.45) is 0 Å². The number of carbonyl (C=O) groups excluding carboxylic acids is 1. The van der Waals surface area contributed by atoms with Gasteiger partial charge >= 0.3 is 0 Å². The highest BCUT2D eigenvalue weighted by Crippen LogP contribution is 2.22. The summed E-state index contributed by atoms with van der Waals surface area (Å²) in [5.41, 5.74) is 0.712. The van der Waals surface area contributed by atoms with Gasteiger partial charge in [0.2, 0.25) is 0 Å². The molecule has 2 atom stereocenters. The van der Waals surface area contributed by atoms with Crippen molar-refractivity contribution in [1.82, 2.24) is 10.3 Å². The molecular formula is C16H19ClN2O2S. The molecule has 6 heteroatoms. The monoisotopic (exact) mass is 338 g/mol. The topological polar surface area (TPSA) is 62.2 Å². The number of rotatable bonds is 5. The number of aromatic nitrogens is 1. The molecular weight excluding hydrogens is 320 g/mol. The van der Waals surface area contributed by atoms with Gasteiger partial charge in [0, 0.05) is 10.9 Å². The molecule has 0 saturated carbocycles. The number of nitrogens with zero attached hydrogens (tertiary/aromatic N) is 1. The van der Waals surface area contributed by atoms with E-state index in [9.17, 15) is 9.90 Å². The van der Waals surface area contributed by atoms with E-state index in [-0.39, 0.29) is 5.91 Å². The van der Waals surface area contributed by atoms with Crippen LogP contribution in [-0.2, 0) is 0 Å². The molecule has 2 unspecified atom stereocenters. The first-order chi connectivity index (χ1) is 10.4. The number of hydrogen-bond donors (Lipinski definition) is 2. The second kappa shape index (κ2) is 7.22. The minimum Gasteiger partial charge on any atom is -0.386 e. The Morgan fingerprint density at radius 1 is 1.27 bits per heavy atom. The minimum absolute atomic E-state index is 0.218. The van der Waals surface area contributed by atoms with Crippen LogP contribution in [0.4, 0.5) is 0 Å². The van der Waals surface area contributed by atoms with Crippen LogP contribution in [0.5, 0.6) is 0 Å². The number of benzene rings is 1. The number of aliphatic hydroxyl groups excluding tert-OH is 1. The molecule has 1 amide bonds. The third-order valence-electron chi connectivity index (χ3n) is 3.29. The Labute approximate surface area is 139 Å². The normalized spacial score (nSPS) is 13.9. The average molecular weight is 339 g/mol. The van der Waals surface area contributed by atoms with Gasteiger partial charge in [-0.25, -0.2) is 4.98 Å². The lowest BCUT2D eigenvalue weighted by molar-refractivity contribution is 0.0855. The van der Waals surface area contributed by atoms with E-state index in [1.807, 2.05) is 13.8 Å². The molecule has 4 nitrogen and oxygen atoms in total. The quantitative estimate of drug-likeness (QED) is 0.872. The van der Waals surface area contributed by atoms with Crippen LogP contribution in [-0.4, -0.2) is 22.0 Å². The average Bonchev–Trinajstić information content (AvgIpc) is 2.97. The molecule has 1 aromatic heterocycles. The molecule has 0 bridgehead atoms. The molecule has 1 aromatic carbocycles. The van der Waals surface area contributed by atoms with E-state index < -0.39 is 12.1 Å². The van der Waals surface area contributed by atoms with Crippen LogP contribution in [0.2, 0.25) is 5.02 Å². The van der Waals surface area contributed by atoms with E-state index in [1.165, 1.54) is 11.3 Å². The summed E-state index contributed by atoms with van der Waals surface area (Å²) in [6, 6.07) is 6.51. The highest BCUT2D eigenvalue weighted by atomic mass is 35.5. The summed E-state index contributed by atoms with van der Waals surface area (Å²) in [5.74, 6) is 0.0774. The SMILES string of the molecule is CC(C)c1ncc(C(=O)NC(C)C(O)c2ccc(Cl)cc2)s1. The lowest BCUT2D eigenvalue weighted by Gasteiger charge is -2.20. The van der Waals surface area contributed by atoms with Gasteiger partial charge in [-0.2, -0.15) is 0 Å². The second-order valence-electron chi connectivity index (χ2n) is 5.48. The van der Waals surface area contributed by atoms with Crippen LogP contribution >= 0.6 is 22.9 Å². The first kappa shape index (κ1) is 16.9. The molecule has 0 aliphatic carbocycles. The number of hydrogen-bond acceptors (Lipinski definition) is 4. The summed E-state index contributed by atoms with van der Waals surface area (Å²) >= 11 is 7.21. The van der Waals surface area contributed by atoms with Gasteiger partial charge in [0.25, 0.3) is 5.91 Å². The summed E-state index contributed by atoms with van der Waals surface area (Å²) in [6.45, 7) is 5.84. The number of carbonyl (C=O) groups is 1. The maximum absolute atomic E-state index is 12.2. The van der Waals surface area contributed by atoms with E-state index in [1.54, 1.807) is 37.4 Å². The number of halogens is 1. The largest absolute Gasteiger partial charge is 0.386 e. The molecule has 0 aliphatic rings. The molecule has 0 fully saturated rings. The predicted octanol–water partition coefficient (Wildman–Crippen LogP) is 3.77. The molecule has 118 valence electrons. The van der Waals surface area contributed by atoms with Gasteiger partial charge < -0.3 is 10.4 Å². The molecule has 0 saturated heterocycles. The summed E-state index contributed by atoms with van der Waals surface area (Å²) in [7, 11) is 0. The highest BCUT2D eigenvalue weighted by molar-refractivity contribution is 7.13. The van der Waals surface area contributed by atoms with Crippen molar-refractivity contribution in [3.8, 4) is 0 Å². The molecule has 0 aliphatic heterocycles. The van der Waals surface area contributed by atoms with Crippen molar-refractivity contribution < 1.29 is 9.90 Å². The maximum atomic E-state index is 12.2. The van der Waals surface area contributed by atoms with E-state index in [2.05, 4.69) is 10.3 Å². The second-order valence-corrected chi connectivity index (χ2v) is 6.97. The third-order valence-corrected chi connectivity index (χ3v) is 4.83. The van der Waals surface area contributed by atoms with Crippen molar-refractivity contribution in [3.63, 3.8) is 0 Å². The molecule has 22 heavy (non-hydrogen) atoms. The van der Waals surface area contributed by atoms with Gasteiger partial charge in [-0.05, 0) is 24.6 Å². The lowest BCUT2D eigenvalue weighted by atomic mass is 10.0. The summed E-state index contributed by atoms with van der Waals surface area (Å²) < 4.78 is 0. The van der Waals surface area contributed by atoms with Crippen LogP contribution in [0.15, 0.2) is 30.5 Å². The number of aliphatic hydroxyl groups is 1. The fraction of sp³-hybridized carbons (Fsp3) is 0.375. The molecule has 2 rings (SSSR count). The van der Waals surface area contributed by atoms with E-state index >= 15 is 0 Å².